The highest BCUT2D eigenvalue weighted by atomic mass is 16.6. The number of nitro benzene ring substituents is 1. The van der Waals surface area contributed by atoms with Gasteiger partial charge in [-0.05, 0) is 24.1 Å². The molecule has 27 heavy (non-hydrogen) atoms. The lowest BCUT2D eigenvalue weighted by molar-refractivity contribution is -0.384. The third-order valence-electron chi connectivity index (χ3n) is 3.85. The van der Waals surface area contributed by atoms with E-state index in [2.05, 4.69) is 15.4 Å². The van der Waals surface area contributed by atoms with Gasteiger partial charge in [-0.2, -0.15) is 0 Å². The van der Waals surface area contributed by atoms with Gasteiger partial charge in [0, 0.05) is 24.7 Å². The van der Waals surface area contributed by atoms with Crippen molar-refractivity contribution in [2.24, 2.45) is 0 Å². The van der Waals surface area contributed by atoms with Crippen molar-refractivity contribution in [1.82, 2.24) is 0 Å². The van der Waals surface area contributed by atoms with Crippen LogP contribution in [0, 0.1) is 10.1 Å². The molecule has 2 aromatic carbocycles. The monoisotopic (exact) mass is 371 g/mol. The molecule has 0 saturated heterocycles. The number of nitro groups is 1. The molecule has 0 spiro atoms. The van der Waals surface area contributed by atoms with Crippen LogP contribution >= 0.6 is 0 Å². The molecular formula is C19H21N3O5. The second kappa shape index (κ2) is 9.91. The van der Waals surface area contributed by atoms with Crippen LogP contribution in [0.2, 0.25) is 0 Å². The van der Waals surface area contributed by atoms with E-state index in [1.165, 1.54) is 13.2 Å². The summed E-state index contributed by atoms with van der Waals surface area (Å²) in [4.78, 5) is 34.1. The van der Waals surface area contributed by atoms with Crippen LogP contribution in [0.15, 0.2) is 48.5 Å². The molecule has 8 nitrogen and oxygen atoms in total. The fourth-order valence-electron chi connectivity index (χ4n) is 2.49. The van der Waals surface area contributed by atoms with Gasteiger partial charge in [0.1, 0.15) is 5.69 Å². The Morgan fingerprint density at radius 3 is 2.44 bits per heavy atom. The van der Waals surface area contributed by atoms with Crippen LogP contribution in [0.25, 0.3) is 0 Å². The van der Waals surface area contributed by atoms with Crippen molar-refractivity contribution in [3.63, 3.8) is 0 Å². The highest BCUT2D eigenvalue weighted by molar-refractivity contribution is 5.92. The number of nitrogens with zero attached hydrogens (tertiary/aromatic N) is 1. The van der Waals surface area contributed by atoms with E-state index in [0.29, 0.717) is 29.9 Å². The highest BCUT2D eigenvalue weighted by Gasteiger charge is 2.12. The Bertz CT molecular complexity index is 822. The van der Waals surface area contributed by atoms with Crippen LogP contribution in [0.5, 0.6) is 0 Å². The van der Waals surface area contributed by atoms with Crippen LogP contribution in [0.4, 0.5) is 17.1 Å². The van der Waals surface area contributed by atoms with Gasteiger partial charge in [-0.1, -0.05) is 30.3 Å². The van der Waals surface area contributed by atoms with Gasteiger partial charge in [-0.15, -0.1) is 0 Å². The van der Waals surface area contributed by atoms with E-state index in [0.717, 1.165) is 0 Å². The van der Waals surface area contributed by atoms with Crippen molar-refractivity contribution in [2.75, 3.05) is 24.3 Å². The predicted molar refractivity (Wildman–Crippen MR) is 102 cm³/mol. The van der Waals surface area contributed by atoms with Crippen molar-refractivity contribution in [3.05, 3.63) is 64.2 Å². The maximum absolute atomic E-state index is 12.1. The van der Waals surface area contributed by atoms with Gasteiger partial charge >= 0.3 is 5.97 Å². The minimum absolute atomic E-state index is 0.00121. The van der Waals surface area contributed by atoms with Gasteiger partial charge in [0.25, 0.3) is 5.69 Å². The Kier molecular flexibility index (Phi) is 7.30. The third-order valence-corrected chi connectivity index (χ3v) is 3.85. The average Bonchev–Trinajstić information content (AvgIpc) is 2.67. The molecule has 0 aliphatic heterocycles. The van der Waals surface area contributed by atoms with Crippen LogP contribution in [-0.2, 0) is 20.7 Å². The van der Waals surface area contributed by atoms with Gasteiger partial charge in [-0.3, -0.25) is 19.7 Å². The van der Waals surface area contributed by atoms with E-state index in [9.17, 15) is 19.7 Å². The number of esters is 1. The van der Waals surface area contributed by atoms with Crippen molar-refractivity contribution in [2.45, 2.75) is 19.3 Å². The summed E-state index contributed by atoms with van der Waals surface area (Å²) in [6.07, 6.45) is 0.809. The predicted octanol–water partition coefficient (Wildman–Crippen LogP) is 3.14. The van der Waals surface area contributed by atoms with E-state index >= 15 is 0 Å². The molecule has 0 heterocycles. The Labute approximate surface area is 156 Å². The summed E-state index contributed by atoms with van der Waals surface area (Å²) in [5.41, 5.74) is 1.67. The zero-order valence-electron chi connectivity index (χ0n) is 14.9. The number of carbonyl (C=O) groups excluding carboxylic acids is 2. The smallest absolute Gasteiger partial charge is 0.310 e. The molecule has 2 rings (SSSR count). The van der Waals surface area contributed by atoms with E-state index < -0.39 is 4.92 Å². The second-order valence-corrected chi connectivity index (χ2v) is 5.76. The normalized spacial score (nSPS) is 10.1. The van der Waals surface area contributed by atoms with E-state index in [1.54, 1.807) is 42.5 Å². The first-order valence-electron chi connectivity index (χ1n) is 8.43. The van der Waals surface area contributed by atoms with Crippen molar-refractivity contribution in [1.29, 1.82) is 0 Å². The molecular weight excluding hydrogens is 350 g/mol. The van der Waals surface area contributed by atoms with Gasteiger partial charge < -0.3 is 15.4 Å². The van der Waals surface area contributed by atoms with Gasteiger partial charge in [-0.25, -0.2) is 0 Å². The second-order valence-electron chi connectivity index (χ2n) is 5.76. The van der Waals surface area contributed by atoms with Crippen LogP contribution < -0.4 is 10.6 Å². The molecule has 2 aromatic rings. The minimum atomic E-state index is -0.451. The van der Waals surface area contributed by atoms with Crippen molar-refractivity contribution in [3.8, 4) is 0 Å². The van der Waals surface area contributed by atoms with Gasteiger partial charge in [0.05, 0.1) is 18.5 Å². The Balaban J connectivity index is 1.84. The summed E-state index contributed by atoms with van der Waals surface area (Å²) < 4.78 is 4.65. The SMILES string of the molecule is COC(=O)Cc1ccccc1NC(=O)CCCNc1ccccc1[N+](=O)[O-]. The number of benzene rings is 2. The Hall–Kier alpha value is -3.42. The molecule has 2 N–H and O–H groups in total. The first-order valence-corrected chi connectivity index (χ1v) is 8.43. The fourth-order valence-corrected chi connectivity index (χ4v) is 2.49. The van der Waals surface area contributed by atoms with Crippen molar-refractivity contribution < 1.29 is 19.2 Å². The number of amides is 1. The number of ether oxygens (including phenoxy) is 1. The Morgan fingerprint density at radius 1 is 1.07 bits per heavy atom. The molecule has 142 valence electrons. The molecule has 0 atom stereocenters. The molecule has 0 bridgehead atoms. The number of methoxy groups -OCH3 is 1. The number of para-hydroxylation sites is 3. The summed E-state index contributed by atoms with van der Waals surface area (Å²) in [6, 6.07) is 13.4. The zero-order valence-corrected chi connectivity index (χ0v) is 14.9. The maximum atomic E-state index is 12.1. The minimum Gasteiger partial charge on any atom is -0.469 e. The van der Waals surface area contributed by atoms with Crippen molar-refractivity contribution >= 4 is 28.9 Å². The first kappa shape index (κ1) is 19.9. The molecule has 8 heteroatoms. The van der Waals surface area contributed by atoms with Crippen LogP contribution in [0.3, 0.4) is 0 Å². The number of hydrogen-bond donors (Lipinski definition) is 2. The Morgan fingerprint density at radius 2 is 1.74 bits per heavy atom. The van der Waals surface area contributed by atoms with Crippen LogP contribution in [-0.4, -0.2) is 30.5 Å². The molecule has 0 radical (unpaired) electrons. The molecule has 1 amide bonds. The molecule has 0 saturated carbocycles. The summed E-state index contributed by atoms with van der Waals surface area (Å²) >= 11 is 0. The van der Waals surface area contributed by atoms with E-state index in [4.69, 9.17) is 0 Å². The fraction of sp³-hybridized carbons (Fsp3) is 0.263. The zero-order chi connectivity index (χ0) is 19.6. The summed E-state index contributed by atoms with van der Waals surface area (Å²) in [5, 5.41) is 16.7. The quantitative estimate of drug-likeness (QED) is 0.303. The molecule has 0 unspecified atom stereocenters. The molecule has 0 aliphatic carbocycles. The number of carbonyl (C=O) groups is 2. The summed E-state index contributed by atoms with van der Waals surface area (Å²) in [5.74, 6) is -0.581. The van der Waals surface area contributed by atoms with Gasteiger partial charge in [0.2, 0.25) is 5.91 Å². The number of rotatable bonds is 9. The largest absolute Gasteiger partial charge is 0.469 e. The van der Waals surface area contributed by atoms with Gasteiger partial charge in [0.15, 0.2) is 0 Å². The highest BCUT2D eigenvalue weighted by Crippen LogP contribution is 2.23. The lowest BCUT2D eigenvalue weighted by Crippen LogP contribution is -2.16. The van der Waals surface area contributed by atoms with Crippen LogP contribution in [0.1, 0.15) is 18.4 Å². The summed E-state index contributed by atoms with van der Waals surface area (Å²) in [6.45, 7) is 0.419. The number of hydrogen-bond acceptors (Lipinski definition) is 6. The molecule has 0 aromatic heterocycles. The van der Waals surface area contributed by atoms with E-state index in [1.807, 2.05) is 0 Å². The lowest BCUT2D eigenvalue weighted by atomic mass is 10.1. The first-order chi connectivity index (χ1) is 13.0. The average molecular weight is 371 g/mol. The number of anilines is 2. The van der Waals surface area contributed by atoms with E-state index in [-0.39, 0.29) is 30.4 Å². The standard InChI is InChI=1S/C19H21N3O5/c1-27-19(24)13-14-7-2-3-8-15(14)21-18(23)11-6-12-20-16-9-4-5-10-17(16)22(25)26/h2-5,7-10,20H,6,11-13H2,1H3,(H,21,23). The maximum Gasteiger partial charge on any atom is 0.310 e. The number of nitrogens with one attached hydrogen (secondary N) is 2. The lowest BCUT2D eigenvalue weighted by Gasteiger charge is -2.11. The third kappa shape index (κ3) is 6.10. The topological polar surface area (TPSA) is 111 Å². The molecule has 0 fully saturated rings. The summed E-state index contributed by atoms with van der Waals surface area (Å²) in [7, 11) is 1.31. The molecule has 0 aliphatic rings.